The van der Waals surface area contributed by atoms with E-state index in [2.05, 4.69) is 4.72 Å². The van der Waals surface area contributed by atoms with Crippen LogP contribution in [-0.4, -0.2) is 25.5 Å². The van der Waals surface area contributed by atoms with Gasteiger partial charge in [-0.1, -0.05) is 33.3 Å². The summed E-state index contributed by atoms with van der Waals surface area (Å²) in [6, 6.07) is 4.11. The van der Waals surface area contributed by atoms with E-state index in [0.29, 0.717) is 18.4 Å². The van der Waals surface area contributed by atoms with Gasteiger partial charge in [0, 0.05) is 6.04 Å². The molecule has 0 aliphatic heterocycles. The summed E-state index contributed by atoms with van der Waals surface area (Å²) >= 11 is 0. The number of carboxylic acids is 1. The first-order valence-electron chi connectivity index (χ1n) is 7.24. The fraction of sp³-hybridized carbons (Fsp3) is 0.533. The lowest BCUT2D eigenvalue weighted by atomic mass is 10.1. The highest BCUT2D eigenvalue weighted by Crippen LogP contribution is 2.20. The predicted octanol–water partition coefficient (Wildman–Crippen LogP) is 2.80. The standard InChI is InChI=1S/C15H23NO4S/c1-4-7-13(6-3)16-21(19,20)14-10-12(15(17)18)9-8-11(14)5-2/h8-10,13,16H,4-7H2,1-3H3,(H,17,18). The van der Waals surface area contributed by atoms with E-state index in [1.54, 1.807) is 6.07 Å². The van der Waals surface area contributed by atoms with Gasteiger partial charge in [0.2, 0.25) is 10.0 Å². The van der Waals surface area contributed by atoms with Crippen LogP contribution in [0.25, 0.3) is 0 Å². The van der Waals surface area contributed by atoms with Crippen LogP contribution in [0, 0.1) is 0 Å². The Morgan fingerprint density at radius 1 is 1.29 bits per heavy atom. The van der Waals surface area contributed by atoms with E-state index in [9.17, 15) is 13.2 Å². The Balaban J connectivity index is 3.22. The molecule has 0 fully saturated rings. The highest BCUT2D eigenvalue weighted by molar-refractivity contribution is 7.89. The van der Waals surface area contributed by atoms with Crippen molar-refractivity contribution in [2.24, 2.45) is 0 Å². The van der Waals surface area contributed by atoms with Crippen LogP contribution in [-0.2, 0) is 16.4 Å². The molecule has 1 rings (SSSR count). The van der Waals surface area contributed by atoms with Gasteiger partial charge in [-0.2, -0.15) is 0 Å². The molecule has 2 N–H and O–H groups in total. The SMILES string of the molecule is CCCC(CC)NS(=O)(=O)c1cc(C(=O)O)ccc1CC. The second kappa shape index (κ2) is 7.56. The molecule has 0 saturated heterocycles. The van der Waals surface area contributed by atoms with Crippen LogP contribution < -0.4 is 4.72 Å². The van der Waals surface area contributed by atoms with E-state index in [1.165, 1.54) is 12.1 Å². The maximum atomic E-state index is 12.5. The van der Waals surface area contributed by atoms with E-state index in [-0.39, 0.29) is 16.5 Å². The number of aromatic carboxylic acids is 1. The van der Waals surface area contributed by atoms with Gasteiger partial charge >= 0.3 is 5.97 Å². The third-order valence-corrected chi connectivity index (χ3v) is 5.04. The molecule has 1 aromatic rings. The average molecular weight is 313 g/mol. The monoisotopic (exact) mass is 313 g/mol. The summed E-state index contributed by atoms with van der Waals surface area (Å²) in [7, 11) is -3.71. The van der Waals surface area contributed by atoms with Gasteiger partial charge in [0.15, 0.2) is 0 Å². The molecule has 1 unspecified atom stereocenters. The molecule has 0 amide bonds. The van der Waals surface area contributed by atoms with Gasteiger partial charge in [0.05, 0.1) is 10.5 Å². The lowest BCUT2D eigenvalue weighted by Crippen LogP contribution is -2.34. The molecule has 1 atom stereocenters. The van der Waals surface area contributed by atoms with E-state index in [0.717, 1.165) is 12.8 Å². The van der Waals surface area contributed by atoms with Crippen LogP contribution in [0.15, 0.2) is 23.1 Å². The summed E-state index contributed by atoms with van der Waals surface area (Å²) in [6.45, 7) is 5.77. The second-order valence-electron chi connectivity index (χ2n) is 5.00. The minimum absolute atomic E-state index is 0.0175. The van der Waals surface area contributed by atoms with Crippen molar-refractivity contribution in [1.82, 2.24) is 4.72 Å². The molecule has 0 heterocycles. The summed E-state index contributed by atoms with van der Waals surface area (Å²) in [5, 5.41) is 9.04. The maximum Gasteiger partial charge on any atom is 0.335 e. The molecule has 0 aromatic heterocycles. The van der Waals surface area contributed by atoms with Gasteiger partial charge in [-0.05, 0) is 37.0 Å². The molecule has 118 valence electrons. The van der Waals surface area contributed by atoms with Crippen molar-refractivity contribution in [3.05, 3.63) is 29.3 Å². The van der Waals surface area contributed by atoms with Gasteiger partial charge in [-0.3, -0.25) is 0 Å². The van der Waals surface area contributed by atoms with Crippen LogP contribution in [0.4, 0.5) is 0 Å². The Hall–Kier alpha value is -1.40. The van der Waals surface area contributed by atoms with Gasteiger partial charge < -0.3 is 5.11 Å². The van der Waals surface area contributed by atoms with Crippen molar-refractivity contribution < 1.29 is 18.3 Å². The molecule has 5 nitrogen and oxygen atoms in total. The highest BCUT2D eigenvalue weighted by Gasteiger charge is 2.22. The van der Waals surface area contributed by atoms with Crippen molar-refractivity contribution in [3.63, 3.8) is 0 Å². The minimum Gasteiger partial charge on any atom is -0.478 e. The topological polar surface area (TPSA) is 83.5 Å². The Bertz CT molecular complexity index is 596. The van der Waals surface area contributed by atoms with Crippen LogP contribution in [0.1, 0.15) is 56.0 Å². The number of rotatable bonds is 8. The lowest BCUT2D eigenvalue weighted by molar-refractivity contribution is 0.0696. The first kappa shape index (κ1) is 17.7. The van der Waals surface area contributed by atoms with Crippen LogP contribution >= 0.6 is 0 Å². The molecule has 1 aromatic carbocycles. The van der Waals surface area contributed by atoms with Crippen LogP contribution in [0.5, 0.6) is 0 Å². The van der Waals surface area contributed by atoms with E-state index >= 15 is 0 Å². The first-order chi connectivity index (χ1) is 9.85. The molecular weight excluding hydrogens is 290 g/mol. The van der Waals surface area contributed by atoms with E-state index in [4.69, 9.17) is 5.11 Å². The summed E-state index contributed by atoms with van der Waals surface area (Å²) in [5.41, 5.74) is 0.606. The van der Waals surface area contributed by atoms with Gasteiger partial charge in [0.1, 0.15) is 0 Å². The van der Waals surface area contributed by atoms with Gasteiger partial charge in [-0.15, -0.1) is 0 Å². The number of benzene rings is 1. The first-order valence-corrected chi connectivity index (χ1v) is 8.72. The van der Waals surface area contributed by atoms with Crippen LogP contribution in [0.3, 0.4) is 0 Å². The van der Waals surface area contributed by atoms with Gasteiger partial charge in [-0.25, -0.2) is 17.9 Å². The number of nitrogens with one attached hydrogen (secondary N) is 1. The number of hydrogen-bond donors (Lipinski definition) is 2. The number of carbonyl (C=O) groups is 1. The predicted molar refractivity (Wildman–Crippen MR) is 82.1 cm³/mol. The molecule has 6 heteroatoms. The zero-order valence-electron chi connectivity index (χ0n) is 12.7. The molecular formula is C15H23NO4S. The normalized spacial score (nSPS) is 13.1. The third kappa shape index (κ3) is 4.54. The van der Waals surface area contributed by atoms with Crippen molar-refractivity contribution in [2.75, 3.05) is 0 Å². The highest BCUT2D eigenvalue weighted by atomic mass is 32.2. The Morgan fingerprint density at radius 3 is 2.43 bits per heavy atom. The molecule has 21 heavy (non-hydrogen) atoms. The van der Waals surface area contributed by atoms with E-state index in [1.807, 2.05) is 20.8 Å². The molecule has 0 spiro atoms. The number of sulfonamides is 1. The second-order valence-corrected chi connectivity index (χ2v) is 6.68. The zero-order valence-corrected chi connectivity index (χ0v) is 13.5. The molecule has 0 saturated carbocycles. The lowest BCUT2D eigenvalue weighted by Gasteiger charge is -2.18. The number of carboxylic acid groups (broad SMARTS) is 1. The van der Waals surface area contributed by atoms with E-state index < -0.39 is 16.0 Å². The summed E-state index contributed by atoms with van der Waals surface area (Å²) in [5.74, 6) is -1.13. The fourth-order valence-corrected chi connectivity index (χ4v) is 3.90. The number of aryl methyl sites for hydroxylation is 1. The fourth-order valence-electron chi connectivity index (χ4n) is 2.21. The quantitative estimate of drug-likeness (QED) is 0.773. The minimum atomic E-state index is -3.71. The summed E-state index contributed by atoms with van der Waals surface area (Å²) < 4.78 is 27.7. The van der Waals surface area contributed by atoms with Crippen molar-refractivity contribution in [1.29, 1.82) is 0 Å². The zero-order chi connectivity index (χ0) is 16.0. The number of hydrogen-bond acceptors (Lipinski definition) is 3. The smallest absolute Gasteiger partial charge is 0.335 e. The maximum absolute atomic E-state index is 12.5. The van der Waals surface area contributed by atoms with Gasteiger partial charge in [0.25, 0.3) is 0 Å². The largest absolute Gasteiger partial charge is 0.478 e. The van der Waals surface area contributed by atoms with Crippen LogP contribution in [0.2, 0.25) is 0 Å². The average Bonchev–Trinajstić information content (AvgIpc) is 2.45. The molecule has 0 aliphatic rings. The molecule has 0 bridgehead atoms. The summed E-state index contributed by atoms with van der Waals surface area (Å²) in [4.78, 5) is 11.1. The molecule has 0 aliphatic carbocycles. The van der Waals surface area contributed by atoms with Crippen molar-refractivity contribution in [2.45, 2.75) is 57.4 Å². The summed E-state index contributed by atoms with van der Waals surface area (Å²) in [6.07, 6.45) is 2.88. The molecule has 0 radical (unpaired) electrons. The Morgan fingerprint density at radius 2 is 1.95 bits per heavy atom. The third-order valence-electron chi connectivity index (χ3n) is 3.44. The Kier molecular flexibility index (Phi) is 6.36. The Labute approximate surface area is 126 Å². The van der Waals surface area contributed by atoms with Crippen molar-refractivity contribution >= 4 is 16.0 Å². The van der Waals surface area contributed by atoms with Crippen molar-refractivity contribution in [3.8, 4) is 0 Å².